The number of nitrogens with zero attached hydrogens (tertiary/aromatic N) is 3. The molecule has 4 nitrogen and oxygen atoms in total. The molecule has 2 rings (SSSR count). The highest BCUT2D eigenvalue weighted by molar-refractivity contribution is 9.10. The fraction of sp³-hybridized carbons (Fsp3) is 0.429. The van der Waals surface area contributed by atoms with Crippen LogP contribution in [0.5, 0.6) is 0 Å². The number of piperazine rings is 1. The molecule has 1 saturated heterocycles. The lowest BCUT2D eigenvalue weighted by Crippen LogP contribution is -2.51. The SMILES string of the molecule is CC(C#N)N1CCN(C(=O)c2ccc(Cl)c(Br)c2)CC1. The standard InChI is InChI=1S/C14H15BrClN3O/c1-10(9-17)18-4-6-19(7-5-18)14(20)11-2-3-13(16)12(15)8-11/h2-3,8,10H,4-7H2,1H3. The lowest BCUT2D eigenvalue weighted by Gasteiger charge is -2.35. The van der Waals surface area contributed by atoms with Gasteiger partial charge in [-0.05, 0) is 41.1 Å². The summed E-state index contributed by atoms with van der Waals surface area (Å²) in [6, 6.07) is 7.32. The van der Waals surface area contributed by atoms with Crippen LogP contribution in [0, 0.1) is 11.3 Å². The third kappa shape index (κ3) is 3.32. The van der Waals surface area contributed by atoms with E-state index in [1.807, 2.05) is 11.8 Å². The maximum atomic E-state index is 12.4. The minimum absolute atomic E-state index is 0.00614. The predicted molar refractivity (Wildman–Crippen MR) is 81.7 cm³/mol. The summed E-state index contributed by atoms with van der Waals surface area (Å²) in [7, 11) is 0. The topological polar surface area (TPSA) is 47.3 Å². The molecule has 20 heavy (non-hydrogen) atoms. The van der Waals surface area contributed by atoms with E-state index < -0.39 is 0 Å². The zero-order valence-corrected chi connectivity index (χ0v) is 13.5. The van der Waals surface area contributed by atoms with Crippen molar-refractivity contribution in [3.05, 3.63) is 33.3 Å². The van der Waals surface area contributed by atoms with Crippen LogP contribution < -0.4 is 0 Å². The average Bonchev–Trinajstić information content (AvgIpc) is 2.48. The van der Waals surface area contributed by atoms with E-state index in [1.165, 1.54) is 0 Å². The van der Waals surface area contributed by atoms with Gasteiger partial charge in [-0.1, -0.05) is 11.6 Å². The maximum absolute atomic E-state index is 12.4. The highest BCUT2D eigenvalue weighted by Crippen LogP contribution is 2.24. The van der Waals surface area contributed by atoms with Gasteiger partial charge in [0.1, 0.15) is 0 Å². The maximum Gasteiger partial charge on any atom is 0.253 e. The molecule has 1 aromatic rings. The van der Waals surface area contributed by atoms with Gasteiger partial charge in [0.2, 0.25) is 0 Å². The zero-order chi connectivity index (χ0) is 14.7. The lowest BCUT2D eigenvalue weighted by atomic mass is 10.1. The van der Waals surface area contributed by atoms with Gasteiger partial charge in [0.15, 0.2) is 0 Å². The number of rotatable bonds is 2. The molecule has 0 N–H and O–H groups in total. The molecule has 6 heteroatoms. The molecule has 1 aromatic carbocycles. The number of halogens is 2. The molecule has 1 atom stereocenters. The van der Waals surface area contributed by atoms with Crippen LogP contribution in [0.25, 0.3) is 0 Å². The van der Waals surface area contributed by atoms with Crippen molar-refractivity contribution in [2.45, 2.75) is 13.0 Å². The largest absolute Gasteiger partial charge is 0.336 e. The summed E-state index contributed by atoms with van der Waals surface area (Å²) in [5.41, 5.74) is 0.628. The highest BCUT2D eigenvalue weighted by Gasteiger charge is 2.24. The van der Waals surface area contributed by atoms with Crippen molar-refractivity contribution in [1.29, 1.82) is 5.26 Å². The number of nitriles is 1. The molecule has 106 valence electrons. The van der Waals surface area contributed by atoms with Gasteiger partial charge in [-0.25, -0.2) is 0 Å². The van der Waals surface area contributed by atoms with Crippen LogP contribution in [0.1, 0.15) is 17.3 Å². The van der Waals surface area contributed by atoms with Crippen LogP contribution in [0.3, 0.4) is 0 Å². The van der Waals surface area contributed by atoms with Crippen LogP contribution >= 0.6 is 27.5 Å². The van der Waals surface area contributed by atoms with Crippen LogP contribution in [0.15, 0.2) is 22.7 Å². The molecular formula is C14H15BrClN3O. The summed E-state index contributed by atoms with van der Waals surface area (Å²) in [5, 5.41) is 9.50. The van der Waals surface area contributed by atoms with Crippen LogP contribution in [0.4, 0.5) is 0 Å². The smallest absolute Gasteiger partial charge is 0.253 e. The summed E-state index contributed by atoms with van der Waals surface area (Å²) in [4.78, 5) is 16.3. The molecular weight excluding hydrogens is 342 g/mol. The lowest BCUT2D eigenvalue weighted by molar-refractivity contribution is 0.0615. The summed E-state index contributed by atoms with van der Waals surface area (Å²) in [6.45, 7) is 4.63. The van der Waals surface area contributed by atoms with Gasteiger partial charge in [-0.2, -0.15) is 5.26 Å². The first-order valence-electron chi connectivity index (χ1n) is 6.41. The second-order valence-corrected chi connectivity index (χ2v) is 6.02. The third-order valence-corrected chi connectivity index (χ3v) is 4.72. The zero-order valence-electron chi connectivity index (χ0n) is 11.1. The molecule has 1 heterocycles. The van der Waals surface area contributed by atoms with Gasteiger partial charge in [-0.15, -0.1) is 0 Å². The highest BCUT2D eigenvalue weighted by atomic mass is 79.9. The predicted octanol–water partition coefficient (Wildman–Crippen LogP) is 2.77. The first-order valence-corrected chi connectivity index (χ1v) is 7.58. The van der Waals surface area contributed by atoms with Crippen molar-refractivity contribution in [3.8, 4) is 6.07 Å². The Kier molecular flexibility index (Phi) is 5.03. The first-order chi connectivity index (χ1) is 9.52. The molecule has 0 aromatic heterocycles. The number of benzene rings is 1. The fourth-order valence-electron chi connectivity index (χ4n) is 2.21. The molecule has 1 unspecified atom stereocenters. The van der Waals surface area contributed by atoms with Crippen molar-refractivity contribution >= 4 is 33.4 Å². The number of carbonyl (C=O) groups excluding carboxylic acids is 1. The van der Waals surface area contributed by atoms with Crippen LogP contribution in [-0.2, 0) is 0 Å². The number of carbonyl (C=O) groups is 1. The summed E-state index contributed by atoms with van der Waals surface area (Å²) in [6.07, 6.45) is 0. The van der Waals surface area contributed by atoms with E-state index in [0.29, 0.717) is 23.7 Å². The van der Waals surface area contributed by atoms with E-state index >= 15 is 0 Å². The van der Waals surface area contributed by atoms with Crippen molar-refractivity contribution < 1.29 is 4.79 Å². The van der Waals surface area contributed by atoms with Crippen molar-refractivity contribution in [2.24, 2.45) is 0 Å². The van der Waals surface area contributed by atoms with Crippen molar-refractivity contribution in [1.82, 2.24) is 9.80 Å². The second-order valence-electron chi connectivity index (χ2n) is 4.76. The van der Waals surface area contributed by atoms with Crippen LogP contribution in [0.2, 0.25) is 5.02 Å². The molecule has 1 fully saturated rings. The Hall–Kier alpha value is -1.09. The molecule has 0 radical (unpaired) electrons. The van der Waals surface area contributed by atoms with Crippen molar-refractivity contribution in [2.75, 3.05) is 26.2 Å². The summed E-state index contributed by atoms with van der Waals surface area (Å²) >= 11 is 9.26. The molecule has 1 aliphatic rings. The van der Waals surface area contributed by atoms with E-state index in [1.54, 1.807) is 18.2 Å². The van der Waals surface area contributed by atoms with Gasteiger partial charge >= 0.3 is 0 Å². The Balaban J connectivity index is 2.01. The molecule has 1 aliphatic heterocycles. The van der Waals surface area contributed by atoms with Gasteiger partial charge in [-0.3, -0.25) is 9.69 Å². The van der Waals surface area contributed by atoms with E-state index in [0.717, 1.165) is 17.6 Å². The van der Waals surface area contributed by atoms with E-state index in [9.17, 15) is 4.79 Å². The van der Waals surface area contributed by atoms with Crippen molar-refractivity contribution in [3.63, 3.8) is 0 Å². The number of amides is 1. The summed E-state index contributed by atoms with van der Waals surface area (Å²) in [5.74, 6) is 0.00614. The normalized spacial score (nSPS) is 17.6. The Bertz CT molecular complexity index is 550. The Morgan fingerprint density at radius 2 is 2.05 bits per heavy atom. The Labute approximate surface area is 132 Å². The number of hydrogen-bond donors (Lipinski definition) is 0. The van der Waals surface area contributed by atoms with E-state index in [4.69, 9.17) is 16.9 Å². The monoisotopic (exact) mass is 355 g/mol. The summed E-state index contributed by atoms with van der Waals surface area (Å²) < 4.78 is 0.724. The quantitative estimate of drug-likeness (QED) is 0.818. The molecule has 0 spiro atoms. The molecule has 1 amide bonds. The van der Waals surface area contributed by atoms with Gasteiger partial charge in [0.25, 0.3) is 5.91 Å². The van der Waals surface area contributed by atoms with Crippen LogP contribution in [-0.4, -0.2) is 47.9 Å². The second kappa shape index (κ2) is 6.57. The minimum atomic E-state index is -0.100. The third-order valence-electron chi connectivity index (χ3n) is 3.50. The molecule has 0 bridgehead atoms. The van der Waals surface area contributed by atoms with E-state index in [2.05, 4.69) is 26.9 Å². The van der Waals surface area contributed by atoms with Gasteiger partial charge < -0.3 is 4.90 Å². The van der Waals surface area contributed by atoms with Gasteiger partial charge in [0.05, 0.1) is 17.1 Å². The molecule has 0 aliphatic carbocycles. The Morgan fingerprint density at radius 3 is 2.60 bits per heavy atom. The fourth-order valence-corrected chi connectivity index (χ4v) is 2.70. The Morgan fingerprint density at radius 1 is 1.40 bits per heavy atom. The van der Waals surface area contributed by atoms with E-state index in [-0.39, 0.29) is 11.9 Å². The molecule has 0 saturated carbocycles. The average molecular weight is 357 g/mol. The first kappa shape index (κ1) is 15.3. The number of hydrogen-bond acceptors (Lipinski definition) is 3. The van der Waals surface area contributed by atoms with Gasteiger partial charge in [0, 0.05) is 36.2 Å². The minimum Gasteiger partial charge on any atom is -0.336 e.